The van der Waals surface area contributed by atoms with Crippen molar-refractivity contribution in [2.75, 3.05) is 18.5 Å². The van der Waals surface area contributed by atoms with Crippen molar-refractivity contribution >= 4 is 11.7 Å². The van der Waals surface area contributed by atoms with Gasteiger partial charge in [-0.25, -0.2) is 0 Å². The molecule has 1 aromatic rings. The van der Waals surface area contributed by atoms with E-state index < -0.39 is 5.97 Å². The number of rotatable bonds is 6. The van der Waals surface area contributed by atoms with Crippen molar-refractivity contribution in [1.29, 1.82) is 0 Å². The van der Waals surface area contributed by atoms with E-state index in [1.165, 1.54) is 16.8 Å². The van der Waals surface area contributed by atoms with Crippen LogP contribution in [0.1, 0.15) is 31.4 Å². The second kappa shape index (κ2) is 6.28. The molecule has 1 rings (SSSR count). The zero-order chi connectivity index (χ0) is 12.8. The Labute approximate surface area is 103 Å². The molecule has 0 amide bonds. The first-order valence-corrected chi connectivity index (χ1v) is 6.13. The minimum Gasteiger partial charge on any atom is -0.481 e. The van der Waals surface area contributed by atoms with Crippen LogP contribution in [0.2, 0.25) is 0 Å². The number of nitrogens with zero attached hydrogens (tertiary/aromatic N) is 1. The summed E-state index contributed by atoms with van der Waals surface area (Å²) in [6.45, 7) is 4.81. The van der Waals surface area contributed by atoms with Crippen LogP contribution in [0, 0.1) is 0 Å². The topological polar surface area (TPSA) is 40.5 Å². The first kappa shape index (κ1) is 13.6. The molecule has 0 fully saturated rings. The summed E-state index contributed by atoms with van der Waals surface area (Å²) in [6.07, 6.45) is 2.12. The van der Waals surface area contributed by atoms with Gasteiger partial charge >= 0.3 is 5.97 Å². The Hall–Kier alpha value is -1.51. The molecule has 0 spiro atoms. The molecule has 0 aliphatic carbocycles. The highest BCUT2D eigenvalue weighted by Crippen LogP contribution is 2.26. The Bertz CT molecular complexity index is 366. The van der Waals surface area contributed by atoms with Crippen LogP contribution in [0.3, 0.4) is 0 Å². The van der Waals surface area contributed by atoms with Crippen molar-refractivity contribution < 1.29 is 9.90 Å². The number of para-hydroxylation sites is 1. The van der Waals surface area contributed by atoms with E-state index >= 15 is 0 Å². The summed E-state index contributed by atoms with van der Waals surface area (Å²) in [7, 11) is 1.97. The molecule has 3 heteroatoms. The molecular formula is C14H21NO2. The van der Waals surface area contributed by atoms with Gasteiger partial charge in [0, 0.05) is 19.3 Å². The van der Waals surface area contributed by atoms with Gasteiger partial charge in [-0.2, -0.15) is 0 Å². The predicted octanol–water partition coefficient (Wildman–Crippen LogP) is 2.72. The minimum atomic E-state index is -0.746. The summed E-state index contributed by atoms with van der Waals surface area (Å²) >= 11 is 0. The predicted molar refractivity (Wildman–Crippen MR) is 70.7 cm³/mol. The van der Waals surface area contributed by atoms with Crippen LogP contribution < -0.4 is 4.90 Å². The highest BCUT2D eigenvalue weighted by Gasteiger charge is 2.11. The van der Waals surface area contributed by atoms with Gasteiger partial charge < -0.3 is 10.0 Å². The van der Waals surface area contributed by atoms with Crippen LogP contribution in [0.25, 0.3) is 0 Å². The molecule has 3 nitrogen and oxygen atoms in total. The lowest BCUT2D eigenvalue weighted by molar-refractivity contribution is -0.136. The quantitative estimate of drug-likeness (QED) is 0.824. The van der Waals surface area contributed by atoms with Crippen molar-refractivity contribution in [2.24, 2.45) is 0 Å². The van der Waals surface area contributed by atoms with Crippen molar-refractivity contribution in [1.82, 2.24) is 0 Å². The average molecular weight is 235 g/mol. The molecule has 0 atom stereocenters. The summed E-state index contributed by atoms with van der Waals surface area (Å²) in [5.74, 6) is -0.746. The van der Waals surface area contributed by atoms with Gasteiger partial charge in [-0.3, -0.25) is 4.79 Å². The normalized spacial score (nSPS) is 10.3. The van der Waals surface area contributed by atoms with E-state index in [0.717, 1.165) is 12.8 Å². The number of carbonyl (C=O) groups is 1. The second-order valence-electron chi connectivity index (χ2n) is 4.20. The van der Waals surface area contributed by atoms with E-state index in [4.69, 9.17) is 5.11 Å². The van der Waals surface area contributed by atoms with Crippen LogP contribution in [0.5, 0.6) is 0 Å². The molecule has 0 saturated carbocycles. The van der Waals surface area contributed by atoms with E-state index in [2.05, 4.69) is 36.9 Å². The van der Waals surface area contributed by atoms with Crippen molar-refractivity contribution in [3.63, 3.8) is 0 Å². The Balaban J connectivity index is 2.96. The molecule has 0 heterocycles. The fourth-order valence-corrected chi connectivity index (χ4v) is 2.08. The molecule has 0 unspecified atom stereocenters. The van der Waals surface area contributed by atoms with E-state index in [9.17, 15) is 4.79 Å². The smallest absolute Gasteiger partial charge is 0.305 e. The van der Waals surface area contributed by atoms with Crippen LogP contribution in [0.4, 0.5) is 5.69 Å². The SMILES string of the molecule is CCc1cccc(CC)c1N(C)CCC(=O)O. The zero-order valence-corrected chi connectivity index (χ0v) is 10.9. The third-order valence-electron chi connectivity index (χ3n) is 3.01. The summed E-state index contributed by atoms with van der Waals surface area (Å²) in [5.41, 5.74) is 3.79. The number of anilines is 1. The Morgan fingerprint density at radius 3 is 2.18 bits per heavy atom. The lowest BCUT2D eigenvalue weighted by atomic mass is 10.0. The van der Waals surface area contributed by atoms with Gasteiger partial charge in [-0.15, -0.1) is 0 Å². The van der Waals surface area contributed by atoms with Crippen molar-refractivity contribution in [3.05, 3.63) is 29.3 Å². The monoisotopic (exact) mass is 235 g/mol. The van der Waals surface area contributed by atoms with Gasteiger partial charge in [-0.1, -0.05) is 32.0 Å². The number of hydrogen-bond donors (Lipinski definition) is 1. The molecule has 0 aliphatic heterocycles. The summed E-state index contributed by atoms with van der Waals surface area (Å²) in [4.78, 5) is 12.7. The first-order valence-electron chi connectivity index (χ1n) is 6.13. The summed E-state index contributed by atoms with van der Waals surface area (Å²) in [6, 6.07) is 6.31. The fourth-order valence-electron chi connectivity index (χ4n) is 2.08. The van der Waals surface area contributed by atoms with Gasteiger partial charge in [0.05, 0.1) is 6.42 Å². The van der Waals surface area contributed by atoms with Crippen LogP contribution in [0.15, 0.2) is 18.2 Å². The lowest BCUT2D eigenvalue weighted by Gasteiger charge is -2.24. The number of carboxylic acid groups (broad SMARTS) is 1. The van der Waals surface area contributed by atoms with E-state index in [0.29, 0.717) is 6.54 Å². The highest BCUT2D eigenvalue weighted by atomic mass is 16.4. The van der Waals surface area contributed by atoms with Gasteiger partial charge in [-0.05, 0) is 24.0 Å². The number of aliphatic carboxylic acids is 1. The van der Waals surface area contributed by atoms with Gasteiger partial charge in [0.2, 0.25) is 0 Å². The highest BCUT2D eigenvalue weighted by molar-refractivity contribution is 5.68. The van der Waals surface area contributed by atoms with E-state index in [-0.39, 0.29) is 6.42 Å². The molecule has 94 valence electrons. The molecule has 0 saturated heterocycles. The van der Waals surface area contributed by atoms with E-state index in [1.807, 2.05) is 7.05 Å². The van der Waals surface area contributed by atoms with Gasteiger partial charge in [0.25, 0.3) is 0 Å². The van der Waals surface area contributed by atoms with Gasteiger partial charge in [0.15, 0.2) is 0 Å². The summed E-state index contributed by atoms with van der Waals surface area (Å²) in [5, 5.41) is 8.74. The molecule has 1 N–H and O–H groups in total. The standard InChI is InChI=1S/C14H21NO2/c1-4-11-7-6-8-12(5-2)14(11)15(3)10-9-13(16)17/h6-8H,4-5,9-10H2,1-3H3,(H,16,17). The minimum absolute atomic E-state index is 0.178. The Morgan fingerprint density at radius 2 is 1.76 bits per heavy atom. The molecule has 0 radical (unpaired) electrons. The molecular weight excluding hydrogens is 214 g/mol. The Kier molecular flexibility index (Phi) is 5.01. The zero-order valence-electron chi connectivity index (χ0n) is 10.9. The third kappa shape index (κ3) is 3.48. The maximum absolute atomic E-state index is 10.6. The molecule has 17 heavy (non-hydrogen) atoms. The molecule has 1 aromatic carbocycles. The molecule has 0 aromatic heterocycles. The number of hydrogen-bond acceptors (Lipinski definition) is 2. The third-order valence-corrected chi connectivity index (χ3v) is 3.01. The first-order chi connectivity index (χ1) is 8.10. The molecule has 0 aliphatic rings. The lowest BCUT2D eigenvalue weighted by Crippen LogP contribution is -2.23. The number of benzene rings is 1. The van der Waals surface area contributed by atoms with Crippen LogP contribution >= 0.6 is 0 Å². The van der Waals surface area contributed by atoms with Crippen molar-refractivity contribution in [2.45, 2.75) is 33.1 Å². The maximum atomic E-state index is 10.6. The maximum Gasteiger partial charge on any atom is 0.305 e. The Morgan fingerprint density at radius 1 is 1.24 bits per heavy atom. The van der Waals surface area contributed by atoms with Gasteiger partial charge in [0.1, 0.15) is 0 Å². The van der Waals surface area contributed by atoms with Crippen LogP contribution in [-0.2, 0) is 17.6 Å². The van der Waals surface area contributed by atoms with Crippen LogP contribution in [-0.4, -0.2) is 24.7 Å². The number of aryl methyl sites for hydroxylation is 2. The van der Waals surface area contributed by atoms with Crippen molar-refractivity contribution in [3.8, 4) is 0 Å². The fraction of sp³-hybridized carbons (Fsp3) is 0.500. The average Bonchev–Trinajstić information content (AvgIpc) is 2.34. The second-order valence-corrected chi connectivity index (χ2v) is 4.20. The largest absolute Gasteiger partial charge is 0.481 e. The number of carboxylic acids is 1. The molecule has 0 bridgehead atoms. The van der Waals surface area contributed by atoms with E-state index in [1.54, 1.807) is 0 Å². The summed E-state index contributed by atoms with van der Waals surface area (Å²) < 4.78 is 0.